The molecule has 1 heterocycles. The molecule has 96 valence electrons. The average molecular weight is 247 g/mol. The summed E-state index contributed by atoms with van der Waals surface area (Å²) in [6, 6.07) is 2.04. The topological polar surface area (TPSA) is 66.3 Å². The SMILES string of the molecule is Cc1cc(C(=O)O)nc(N(CC2CC2)C2CC2)n1. The van der Waals surface area contributed by atoms with E-state index in [1.54, 1.807) is 0 Å². The van der Waals surface area contributed by atoms with Gasteiger partial charge < -0.3 is 10.0 Å². The molecule has 0 bridgehead atoms. The minimum absolute atomic E-state index is 0.0962. The van der Waals surface area contributed by atoms with E-state index in [4.69, 9.17) is 5.11 Å². The van der Waals surface area contributed by atoms with Gasteiger partial charge >= 0.3 is 5.97 Å². The number of carbonyl (C=O) groups is 1. The van der Waals surface area contributed by atoms with Crippen molar-refractivity contribution in [2.75, 3.05) is 11.4 Å². The molecule has 0 aromatic carbocycles. The summed E-state index contributed by atoms with van der Waals surface area (Å²) in [5, 5.41) is 9.06. The molecule has 5 heteroatoms. The van der Waals surface area contributed by atoms with Crippen molar-refractivity contribution >= 4 is 11.9 Å². The number of aromatic carboxylic acids is 1. The highest BCUT2D eigenvalue weighted by Crippen LogP contribution is 2.36. The number of carboxylic acid groups (broad SMARTS) is 1. The van der Waals surface area contributed by atoms with Gasteiger partial charge in [0.05, 0.1) is 0 Å². The van der Waals surface area contributed by atoms with Crippen LogP contribution in [0.15, 0.2) is 6.07 Å². The van der Waals surface area contributed by atoms with Crippen LogP contribution in [0.4, 0.5) is 5.95 Å². The third-order valence-electron chi connectivity index (χ3n) is 3.46. The Morgan fingerprint density at radius 3 is 2.67 bits per heavy atom. The van der Waals surface area contributed by atoms with Gasteiger partial charge in [0.25, 0.3) is 0 Å². The van der Waals surface area contributed by atoms with Crippen molar-refractivity contribution in [3.05, 3.63) is 17.5 Å². The zero-order valence-electron chi connectivity index (χ0n) is 10.5. The van der Waals surface area contributed by atoms with Gasteiger partial charge in [-0.15, -0.1) is 0 Å². The quantitative estimate of drug-likeness (QED) is 0.860. The minimum Gasteiger partial charge on any atom is -0.477 e. The van der Waals surface area contributed by atoms with Crippen molar-refractivity contribution in [1.29, 1.82) is 0 Å². The van der Waals surface area contributed by atoms with Crippen LogP contribution in [-0.2, 0) is 0 Å². The molecule has 1 aromatic rings. The van der Waals surface area contributed by atoms with Gasteiger partial charge in [-0.2, -0.15) is 0 Å². The number of carboxylic acids is 1. The Morgan fingerprint density at radius 2 is 2.11 bits per heavy atom. The maximum Gasteiger partial charge on any atom is 0.354 e. The molecule has 18 heavy (non-hydrogen) atoms. The van der Waals surface area contributed by atoms with E-state index in [1.165, 1.54) is 31.7 Å². The highest BCUT2D eigenvalue weighted by molar-refractivity contribution is 5.85. The summed E-state index contributed by atoms with van der Waals surface area (Å²) in [7, 11) is 0. The van der Waals surface area contributed by atoms with Gasteiger partial charge in [0.2, 0.25) is 5.95 Å². The van der Waals surface area contributed by atoms with E-state index in [-0.39, 0.29) is 5.69 Å². The van der Waals surface area contributed by atoms with Crippen LogP contribution in [0.25, 0.3) is 0 Å². The summed E-state index contributed by atoms with van der Waals surface area (Å²) < 4.78 is 0. The second-order valence-electron chi connectivity index (χ2n) is 5.33. The number of rotatable bonds is 5. The molecule has 0 saturated heterocycles. The van der Waals surface area contributed by atoms with Gasteiger partial charge in [0.15, 0.2) is 5.69 Å². The normalized spacial score (nSPS) is 18.7. The predicted molar refractivity (Wildman–Crippen MR) is 66.8 cm³/mol. The van der Waals surface area contributed by atoms with Crippen molar-refractivity contribution in [3.8, 4) is 0 Å². The zero-order valence-corrected chi connectivity index (χ0v) is 10.5. The monoisotopic (exact) mass is 247 g/mol. The first-order chi connectivity index (χ1) is 8.63. The fourth-order valence-corrected chi connectivity index (χ4v) is 2.15. The van der Waals surface area contributed by atoms with E-state index in [0.717, 1.165) is 18.2 Å². The first kappa shape index (κ1) is 11.4. The molecule has 5 nitrogen and oxygen atoms in total. The molecule has 0 spiro atoms. The number of nitrogens with zero attached hydrogens (tertiary/aromatic N) is 3. The molecule has 2 aliphatic carbocycles. The van der Waals surface area contributed by atoms with Crippen molar-refractivity contribution in [2.45, 2.75) is 38.6 Å². The Balaban J connectivity index is 1.89. The minimum atomic E-state index is -0.982. The Morgan fingerprint density at radius 1 is 1.39 bits per heavy atom. The van der Waals surface area contributed by atoms with Crippen molar-refractivity contribution in [3.63, 3.8) is 0 Å². The van der Waals surface area contributed by atoms with E-state index in [9.17, 15) is 4.79 Å². The average Bonchev–Trinajstić information content (AvgIpc) is 3.17. The number of hydrogen-bond acceptors (Lipinski definition) is 4. The number of aromatic nitrogens is 2. The highest BCUT2D eigenvalue weighted by atomic mass is 16.4. The number of anilines is 1. The molecule has 0 radical (unpaired) electrons. The second kappa shape index (κ2) is 4.23. The third kappa shape index (κ3) is 2.44. The molecule has 0 aliphatic heterocycles. The van der Waals surface area contributed by atoms with Gasteiger partial charge in [0, 0.05) is 18.3 Å². The summed E-state index contributed by atoms with van der Waals surface area (Å²) in [6.07, 6.45) is 4.90. The molecular formula is C13H17N3O2. The molecule has 2 aliphatic rings. The molecule has 0 amide bonds. The first-order valence-electron chi connectivity index (χ1n) is 6.49. The summed E-state index contributed by atoms with van der Waals surface area (Å²) in [6.45, 7) is 2.80. The van der Waals surface area contributed by atoms with Crippen molar-refractivity contribution in [1.82, 2.24) is 9.97 Å². The van der Waals surface area contributed by atoms with Gasteiger partial charge in [-0.1, -0.05) is 0 Å². The van der Waals surface area contributed by atoms with Gasteiger partial charge in [-0.3, -0.25) is 0 Å². The largest absolute Gasteiger partial charge is 0.477 e. The predicted octanol–water partition coefficient (Wildman–Crippen LogP) is 1.86. The molecule has 1 aromatic heterocycles. The lowest BCUT2D eigenvalue weighted by Crippen LogP contribution is -2.30. The van der Waals surface area contributed by atoms with Crippen LogP contribution >= 0.6 is 0 Å². The standard InChI is InChI=1S/C13H17N3O2/c1-8-6-11(12(17)18)15-13(14-8)16(10-4-5-10)7-9-2-3-9/h6,9-10H,2-5,7H2,1H3,(H,17,18). The fraction of sp³-hybridized carbons (Fsp3) is 0.615. The smallest absolute Gasteiger partial charge is 0.354 e. The first-order valence-corrected chi connectivity index (χ1v) is 6.49. The van der Waals surface area contributed by atoms with E-state index >= 15 is 0 Å². The van der Waals surface area contributed by atoms with E-state index in [0.29, 0.717) is 12.0 Å². The lowest BCUT2D eigenvalue weighted by atomic mass is 10.3. The zero-order chi connectivity index (χ0) is 12.7. The Kier molecular flexibility index (Phi) is 2.69. The van der Waals surface area contributed by atoms with E-state index in [1.807, 2.05) is 6.92 Å². The fourth-order valence-electron chi connectivity index (χ4n) is 2.15. The van der Waals surface area contributed by atoms with E-state index < -0.39 is 5.97 Å². The summed E-state index contributed by atoms with van der Waals surface area (Å²) in [5.74, 6) is 0.369. The molecule has 2 fully saturated rings. The lowest BCUT2D eigenvalue weighted by molar-refractivity contribution is 0.0690. The maximum atomic E-state index is 11.0. The highest BCUT2D eigenvalue weighted by Gasteiger charge is 2.35. The Labute approximate surface area is 106 Å². The van der Waals surface area contributed by atoms with Gasteiger partial charge in [-0.25, -0.2) is 14.8 Å². The van der Waals surface area contributed by atoms with Gasteiger partial charge in [-0.05, 0) is 44.6 Å². The molecule has 0 atom stereocenters. The molecule has 3 rings (SSSR count). The van der Waals surface area contributed by atoms with Crippen LogP contribution in [0, 0.1) is 12.8 Å². The number of aryl methyl sites for hydroxylation is 1. The van der Waals surface area contributed by atoms with Crippen LogP contribution < -0.4 is 4.90 Å². The van der Waals surface area contributed by atoms with Crippen LogP contribution in [-0.4, -0.2) is 33.6 Å². The van der Waals surface area contributed by atoms with Crippen LogP contribution in [0.3, 0.4) is 0 Å². The van der Waals surface area contributed by atoms with Crippen molar-refractivity contribution in [2.24, 2.45) is 5.92 Å². The van der Waals surface area contributed by atoms with Crippen LogP contribution in [0.1, 0.15) is 41.9 Å². The van der Waals surface area contributed by atoms with Gasteiger partial charge in [0.1, 0.15) is 0 Å². The Hall–Kier alpha value is -1.65. The molecule has 2 saturated carbocycles. The van der Waals surface area contributed by atoms with Crippen LogP contribution in [0.2, 0.25) is 0 Å². The number of hydrogen-bond donors (Lipinski definition) is 1. The van der Waals surface area contributed by atoms with E-state index in [2.05, 4.69) is 14.9 Å². The molecular weight excluding hydrogens is 230 g/mol. The molecule has 1 N–H and O–H groups in total. The summed E-state index contributed by atoms with van der Waals surface area (Å²) >= 11 is 0. The lowest BCUT2D eigenvalue weighted by Gasteiger charge is -2.22. The summed E-state index contributed by atoms with van der Waals surface area (Å²) in [4.78, 5) is 21.8. The van der Waals surface area contributed by atoms with Crippen molar-refractivity contribution < 1.29 is 9.90 Å². The molecule has 0 unspecified atom stereocenters. The second-order valence-corrected chi connectivity index (χ2v) is 5.33. The Bertz CT molecular complexity index is 481. The van der Waals surface area contributed by atoms with Crippen LogP contribution in [0.5, 0.6) is 0 Å². The maximum absolute atomic E-state index is 11.0. The third-order valence-corrected chi connectivity index (χ3v) is 3.46. The summed E-state index contributed by atoms with van der Waals surface area (Å²) in [5.41, 5.74) is 0.817.